The van der Waals surface area contributed by atoms with Crippen LogP contribution in [0.15, 0.2) is 17.0 Å². The summed E-state index contributed by atoms with van der Waals surface area (Å²) in [4.78, 5) is 21.4. The second-order valence-corrected chi connectivity index (χ2v) is 11.3. The molecule has 1 aromatic rings. The summed E-state index contributed by atoms with van der Waals surface area (Å²) in [5.41, 5.74) is 0.714. The van der Waals surface area contributed by atoms with Gasteiger partial charge >= 0.3 is 0 Å². The first-order valence-corrected chi connectivity index (χ1v) is 13.2. The molecule has 2 fully saturated rings. The van der Waals surface area contributed by atoms with E-state index >= 15 is 0 Å². The van der Waals surface area contributed by atoms with Gasteiger partial charge in [0.1, 0.15) is 16.8 Å². The Balaban J connectivity index is 1.89. The minimum absolute atomic E-state index is 0.0461. The van der Waals surface area contributed by atoms with Crippen molar-refractivity contribution in [3.8, 4) is 0 Å². The first kappa shape index (κ1) is 25.8. The fourth-order valence-corrected chi connectivity index (χ4v) is 6.71. The number of nitrogens with zero attached hydrogens (tertiary/aromatic N) is 4. The number of sulfonamides is 1. The Labute approximate surface area is 196 Å². The van der Waals surface area contributed by atoms with Crippen LogP contribution in [0.25, 0.3) is 0 Å². The Hall–Kier alpha value is -1.81. The number of aromatic nitrogens is 1. The third kappa shape index (κ3) is 5.31. The first-order valence-electron chi connectivity index (χ1n) is 11.8. The topological polar surface area (TPSA) is 73.8 Å². The van der Waals surface area contributed by atoms with Crippen molar-refractivity contribution >= 4 is 21.7 Å². The lowest BCUT2D eigenvalue weighted by atomic mass is 9.91. The lowest BCUT2D eigenvalue weighted by Gasteiger charge is -2.37. The molecule has 1 aliphatic carbocycles. The lowest BCUT2D eigenvalue weighted by molar-refractivity contribution is -0.138. The molecule has 1 amide bonds. The number of hydrogen-bond donors (Lipinski definition) is 0. The van der Waals surface area contributed by atoms with Crippen LogP contribution in [-0.2, 0) is 14.8 Å². The SMILES string of the molecule is CCN(c1nc(C)ccc1S(=O)(=O)N1CCC[C@H]1C(=O)N(C)C1CCC(F)(F)CC1)C(C)C. The highest BCUT2D eigenvalue weighted by atomic mass is 32.2. The van der Waals surface area contributed by atoms with Crippen molar-refractivity contribution in [1.29, 1.82) is 0 Å². The molecule has 2 aliphatic rings. The second-order valence-electron chi connectivity index (χ2n) is 9.46. The molecule has 33 heavy (non-hydrogen) atoms. The molecule has 0 spiro atoms. The number of anilines is 1. The Morgan fingerprint density at radius 2 is 1.88 bits per heavy atom. The van der Waals surface area contributed by atoms with Gasteiger partial charge in [-0.05, 0) is 65.5 Å². The van der Waals surface area contributed by atoms with Crippen LogP contribution < -0.4 is 4.90 Å². The van der Waals surface area contributed by atoms with Gasteiger partial charge in [0.2, 0.25) is 21.9 Å². The minimum Gasteiger partial charge on any atom is -0.353 e. The summed E-state index contributed by atoms with van der Waals surface area (Å²) in [5.74, 6) is -2.60. The zero-order valence-corrected chi connectivity index (χ0v) is 21.0. The van der Waals surface area contributed by atoms with Crippen LogP contribution in [0, 0.1) is 6.92 Å². The predicted molar refractivity (Wildman–Crippen MR) is 124 cm³/mol. The molecule has 186 valence electrons. The van der Waals surface area contributed by atoms with Crippen LogP contribution in [0.3, 0.4) is 0 Å². The van der Waals surface area contributed by atoms with E-state index in [1.54, 1.807) is 19.2 Å². The van der Waals surface area contributed by atoms with Crippen LogP contribution >= 0.6 is 0 Å². The van der Waals surface area contributed by atoms with Gasteiger partial charge in [0.05, 0.1) is 0 Å². The molecule has 1 aromatic heterocycles. The molecule has 0 radical (unpaired) electrons. The highest BCUT2D eigenvalue weighted by Crippen LogP contribution is 2.36. The van der Waals surface area contributed by atoms with E-state index in [0.29, 0.717) is 30.9 Å². The van der Waals surface area contributed by atoms with E-state index < -0.39 is 22.0 Å². The van der Waals surface area contributed by atoms with E-state index in [-0.39, 0.29) is 55.1 Å². The fraction of sp³-hybridized carbons (Fsp3) is 0.739. The van der Waals surface area contributed by atoms with Crippen molar-refractivity contribution in [2.45, 2.75) is 95.2 Å². The van der Waals surface area contributed by atoms with Gasteiger partial charge in [-0.25, -0.2) is 22.2 Å². The average Bonchev–Trinajstić information content (AvgIpc) is 3.24. The molecule has 0 aromatic carbocycles. The maximum absolute atomic E-state index is 13.8. The molecule has 10 heteroatoms. The van der Waals surface area contributed by atoms with Crippen LogP contribution in [-0.4, -0.2) is 72.7 Å². The molecule has 1 atom stereocenters. The maximum atomic E-state index is 13.8. The second kappa shape index (κ2) is 9.82. The molecular formula is C23H36F2N4O3S. The van der Waals surface area contributed by atoms with Gasteiger partial charge < -0.3 is 9.80 Å². The monoisotopic (exact) mass is 486 g/mol. The largest absolute Gasteiger partial charge is 0.353 e. The highest BCUT2D eigenvalue weighted by Gasteiger charge is 2.44. The molecule has 0 N–H and O–H groups in total. The van der Waals surface area contributed by atoms with E-state index in [9.17, 15) is 22.0 Å². The third-order valence-electron chi connectivity index (χ3n) is 6.87. The van der Waals surface area contributed by atoms with Crippen LogP contribution in [0.4, 0.5) is 14.6 Å². The predicted octanol–water partition coefficient (Wildman–Crippen LogP) is 3.81. The number of carbonyl (C=O) groups excluding carboxylic acids is 1. The molecule has 1 saturated heterocycles. The van der Waals surface area contributed by atoms with E-state index in [2.05, 4.69) is 4.98 Å². The average molecular weight is 487 g/mol. The highest BCUT2D eigenvalue weighted by molar-refractivity contribution is 7.89. The van der Waals surface area contributed by atoms with Crippen LogP contribution in [0.1, 0.15) is 65.0 Å². The Bertz CT molecular complexity index is 960. The summed E-state index contributed by atoms with van der Waals surface area (Å²) in [6.45, 7) is 8.57. The Morgan fingerprint density at radius 1 is 1.24 bits per heavy atom. The van der Waals surface area contributed by atoms with Gasteiger partial charge in [-0.1, -0.05) is 0 Å². The van der Waals surface area contributed by atoms with Crippen molar-refractivity contribution in [3.63, 3.8) is 0 Å². The van der Waals surface area contributed by atoms with Crippen molar-refractivity contribution in [2.75, 3.05) is 25.0 Å². The number of halogens is 2. The summed E-state index contributed by atoms with van der Waals surface area (Å²) in [5, 5.41) is 0. The van der Waals surface area contributed by atoms with Gasteiger partial charge in [0, 0.05) is 50.8 Å². The smallest absolute Gasteiger partial charge is 0.248 e. The van der Waals surface area contributed by atoms with Crippen LogP contribution in [0.2, 0.25) is 0 Å². The molecular weight excluding hydrogens is 450 g/mol. The summed E-state index contributed by atoms with van der Waals surface area (Å²) >= 11 is 0. The number of likely N-dealkylation sites (N-methyl/N-ethyl adjacent to an activating group) is 1. The summed E-state index contributed by atoms with van der Waals surface area (Å²) in [6.07, 6.45) is 0.941. The standard InChI is InChI=1S/C23H36F2N4O3S/c1-6-28(16(2)3)21-20(10-9-17(4)26-21)33(31,32)29-15-7-8-19(29)22(30)27(5)18-11-13-23(24,25)14-12-18/h9-10,16,18-19H,6-8,11-15H2,1-5H3/t19-/m0/s1. The third-order valence-corrected chi connectivity index (χ3v) is 8.80. The van der Waals surface area contributed by atoms with Gasteiger partial charge in [0.25, 0.3) is 0 Å². The number of alkyl halides is 2. The van der Waals surface area contributed by atoms with Crippen molar-refractivity contribution < 1.29 is 22.0 Å². The number of hydrogen-bond acceptors (Lipinski definition) is 5. The summed E-state index contributed by atoms with van der Waals surface area (Å²) < 4.78 is 56.0. The van der Waals surface area contributed by atoms with Crippen molar-refractivity contribution in [3.05, 3.63) is 17.8 Å². The molecule has 1 aliphatic heterocycles. The number of amides is 1. The van der Waals surface area contributed by atoms with Crippen molar-refractivity contribution in [1.82, 2.24) is 14.2 Å². The molecule has 3 rings (SSSR count). The molecule has 0 bridgehead atoms. The van der Waals surface area contributed by atoms with Gasteiger partial charge in [-0.3, -0.25) is 4.79 Å². The lowest BCUT2D eigenvalue weighted by Crippen LogP contribution is -2.51. The van der Waals surface area contributed by atoms with Crippen molar-refractivity contribution in [2.24, 2.45) is 0 Å². The number of pyridine rings is 1. The summed E-state index contributed by atoms with van der Waals surface area (Å²) in [7, 11) is -2.38. The van der Waals surface area contributed by atoms with Crippen LogP contribution in [0.5, 0.6) is 0 Å². The number of carbonyl (C=O) groups is 1. The Morgan fingerprint density at radius 3 is 2.45 bits per heavy atom. The van der Waals surface area contributed by atoms with Gasteiger partial charge in [-0.2, -0.15) is 4.31 Å². The van der Waals surface area contributed by atoms with E-state index in [4.69, 9.17) is 0 Å². The Kier molecular flexibility index (Phi) is 7.68. The molecule has 2 heterocycles. The fourth-order valence-electron chi connectivity index (χ4n) is 4.93. The van der Waals surface area contributed by atoms with E-state index in [1.165, 1.54) is 9.21 Å². The zero-order valence-electron chi connectivity index (χ0n) is 20.2. The maximum Gasteiger partial charge on any atom is 0.248 e. The van der Waals surface area contributed by atoms with E-state index in [1.807, 2.05) is 32.6 Å². The quantitative estimate of drug-likeness (QED) is 0.586. The molecule has 7 nitrogen and oxygen atoms in total. The van der Waals surface area contributed by atoms with E-state index in [0.717, 1.165) is 0 Å². The minimum atomic E-state index is -3.99. The molecule has 0 unspecified atom stereocenters. The van der Waals surface area contributed by atoms with Gasteiger partial charge in [-0.15, -0.1) is 0 Å². The summed E-state index contributed by atoms with van der Waals surface area (Å²) in [6, 6.07) is 2.17. The number of rotatable bonds is 7. The van der Waals surface area contributed by atoms with Gasteiger partial charge in [0.15, 0.2) is 0 Å². The first-order chi connectivity index (χ1) is 15.4. The molecule has 1 saturated carbocycles. The normalized spacial score (nSPS) is 22.0. The zero-order chi connectivity index (χ0) is 24.6. The number of aryl methyl sites for hydroxylation is 1.